The topological polar surface area (TPSA) is 67.9 Å². The molecule has 1 atom stereocenters. The summed E-state index contributed by atoms with van der Waals surface area (Å²) >= 11 is 0. The van der Waals surface area contributed by atoms with E-state index in [2.05, 4.69) is 5.32 Å². The molecule has 0 aliphatic rings. The average Bonchev–Trinajstić information content (AvgIpc) is 2.70. The van der Waals surface area contributed by atoms with Gasteiger partial charge in [0.2, 0.25) is 0 Å². The molecule has 0 radical (unpaired) electrons. The van der Waals surface area contributed by atoms with Gasteiger partial charge in [-0.05, 0) is 11.6 Å². The van der Waals surface area contributed by atoms with Crippen molar-refractivity contribution in [3.05, 3.63) is 71.0 Å². The maximum absolute atomic E-state index is 14.1. The van der Waals surface area contributed by atoms with Gasteiger partial charge in [-0.15, -0.1) is 0 Å². The molecule has 9 heteroatoms. The van der Waals surface area contributed by atoms with Crippen LogP contribution in [0.3, 0.4) is 0 Å². The molecule has 0 spiro atoms. The minimum absolute atomic E-state index is 0.0111. The quantitative estimate of drug-likeness (QED) is 0.577. The van der Waals surface area contributed by atoms with Crippen molar-refractivity contribution in [1.29, 1.82) is 0 Å². The fourth-order valence-electron chi connectivity index (χ4n) is 2.40. The van der Waals surface area contributed by atoms with E-state index in [4.69, 9.17) is 9.57 Å². The number of nitrogens with one attached hydrogen (secondary N) is 1. The molecule has 2 aromatic rings. The third-order valence-corrected chi connectivity index (χ3v) is 3.96. The highest BCUT2D eigenvalue weighted by Gasteiger charge is 2.29. The standard InChI is InChI=1S/C19H19F3N2O4/c1-24(27-2)18(25)14(13-8-16(21)17(22)9-15(13)20)10-23-19(26)28-11-12-6-4-3-5-7-12/h3-9,14H,10-11H2,1-2H3,(H,23,26)/t14-/m1/s1. The Morgan fingerprint density at radius 1 is 1.07 bits per heavy atom. The van der Waals surface area contributed by atoms with Gasteiger partial charge in [-0.25, -0.2) is 23.0 Å². The zero-order valence-corrected chi connectivity index (χ0v) is 15.2. The lowest BCUT2D eigenvalue weighted by Gasteiger charge is -2.23. The van der Waals surface area contributed by atoms with Crippen LogP contribution < -0.4 is 5.32 Å². The summed E-state index contributed by atoms with van der Waals surface area (Å²) in [6.45, 7) is -0.426. The summed E-state index contributed by atoms with van der Waals surface area (Å²) < 4.78 is 45.9. The number of halogens is 3. The number of carbonyl (C=O) groups excluding carboxylic acids is 2. The van der Waals surface area contributed by atoms with Crippen LogP contribution in [0.15, 0.2) is 42.5 Å². The van der Waals surface area contributed by atoms with Gasteiger partial charge in [0.05, 0.1) is 13.0 Å². The van der Waals surface area contributed by atoms with Crippen molar-refractivity contribution in [3.63, 3.8) is 0 Å². The molecule has 28 heavy (non-hydrogen) atoms. The predicted molar refractivity (Wildman–Crippen MR) is 93.5 cm³/mol. The lowest BCUT2D eigenvalue weighted by Crippen LogP contribution is -2.38. The van der Waals surface area contributed by atoms with Gasteiger partial charge in [-0.2, -0.15) is 0 Å². The molecule has 6 nitrogen and oxygen atoms in total. The van der Waals surface area contributed by atoms with Crippen LogP contribution in [-0.4, -0.2) is 37.8 Å². The van der Waals surface area contributed by atoms with Crippen LogP contribution in [0.5, 0.6) is 0 Å². The number of benzene rings is 2. The molecule has 150 valence electrons. The van der Waals surface area contributed by atoms with Crippen LogP contribution in [-0.2, 0) is 21.0 Å². The van der Waals surface area contributed by atoms with E-state index in [9.17, 15) is 22.8 Å². The van der Waals surface area contributed by atoms with E-state index in [1.54, 1.807) is 24.3 Å². The predicted octanol–water partition coefficient (Wildman–Crippen LogP) is 3.13. The van der Waals surface area contributed by atoms with Crippen LogP contribution in [0.1, 0.15) is 17.0 Å². The Balaban J connectivity index is 2.11. The largest absolute Gasteiger partial charge is 0.445 e. The van der Waals surface area contributed by atoms with Gasteiger partial charge in [0.15, 0.2) is 11.6 Å². The van der Waals surface area contributed by atoms with Crippen LogP contribution in [0.25, 0.3) is 0 Å². The summed E-state index contributed by atoms with van der Waals surface area (Å²) in [5, 5.41) is 3.12. The van der Waals surface area contributed by atoms with Crippen molar-refractivity contribution < 1.29 is 32.3 Å². The average molecular weight is 396 g/mol. The van der Waals surface area contributed by atoms with Gasteiger partial charge in [0.25, 0.3) is 5.91 Å². The van der Waals surface area contributed by atoms with E-state index < -0.39 is 47.5 Å². The van der Waals surface area contributed by atoms with Crippen molar-refractivity contribution in [2.75, 3.05) is 20.7 Å². The van der Waals surface area contributed by atoms with E-state index in [0.29, 0.717) is 12.1 Å². The van der Waals surface area contributed by atoms with Gasteiger partial charge in [-0.1, -0.05) is 30.3 Å². The number of likely N-dealkylation sites (N-methyl/N-ethyl adjacent to an activating group) is 1. The van der Waals surface area contributed by atoms with E-state index >= 15 is 0 Å². The van der Waals surface area contributed by atoms with E-state index in [1.807, 2.05) is 6.07 Å². The third-order valence-electron chi connectivity index (χ3n) is 3.96. The van der Waals surface area contributed by atoms with Crippen LogP contribution in [0, 0.1) is 17.5 Å². The molecule has 0 aromatic heterocycles. The molecule has 2 aromatic carbocycles. The number of carbonyl (C=O) groups is 2. The molecule has 0 saturated carbocycles. The normalized spacial score (nSPS) is 11.6. The smallest absolute Gasteiger partial charge is 0.407 e. The Kier molecular flexibility index (Phi) is 7.39. The monoisotopic (exact) mass is 396 g/mol. The molecule has 2 rings (SSSR count). The summed E-state index contributed by atoms with van der Waals surface area (Å²) in [5.74, 6) is -5.95. The summed E-state index contributed by atoms with van der Waals surface area (Å²) in [6.07, 6.45) is -0.857. The Morgan fingerprint density at radius 2 is 1.71 bits per heavy atom. The van der Waals surface area contributed by atoms with Crippen LogP contribution in [0.2, 0.25) is 0 Å². The maximum Gasteiger partial charge on any atom is 0.407 e. The summed E-state index contributed by atoms with van der Waals surface area (Å²) in [5.41, 5.74) is 0.326. The highest BCUT2D eigenvalue weighted by atomic mass is 19.2. The van der Waals surface area contributed by atoms with Crippen molar-refractivity contribution in [1.82, 2.24) is 10.4 Å². The fraction of sp³-hybridized carbons (Fsp3) is 0.263. The first-order valence-corrected chi connectivity index (χ1v) is 8.24. The van der Waals surface area contributed by atoms with E-state index in [0.717, 1.165) is 10.6 Å². The van der Waals surface area contributed by atoms with Gasteiger partial charge in [0.1, 0.15) is 12.4 Å². The van der Waals surface area contributed by atoms with E-state index in [1.165, 1.54) is 14.2 Å². The second kappa shape index (κ2) is 9.75. The first-order chi connectivity index (χ1) is 13.3. The zero-order valence-electron chi connectivity index (χ0n) is 15.2. The second-order valence-corrected chi connectivity index (χ2v) is 5.80. The number of rotatable bonds is 7. The molecule has 0 fully saturated rings. The number of hydrogen-bond acceptors (Lipinski definition) is 4. The summed E-state index contributed by atoms with van der Waals surface area (Å²) in [4.78, 5) is 29.1. The van der Waals surface area contributed by atoms with Crippen LogP contribution in [0.4, 0.5) is 18.0 Å². The molecule has 0 saturated heterocycles. The number of hydroxylamine groups is 2. The molecule has 0 aliphatic heterocycles. The number of amides is 2. The van der Waals surface area contributed by atoms with Gasteiger partial charge >= 0.3 is 6.09 Å². The second-order valence-electron chi connectivity index (χ2n) is 5.80. The molecule has 0 unspecified atom stereocenters. The minimum atomic E-state index is -1.39. The molecule has 2 amide bonds. The SMILES string of the molecule is CON(C)C(=O)[C@H](CNC(=O)OCc1ccccc1)c1cc(F)c(F)cc1F. The van der Waals surface area contributed by atoms with Gasteiger partial charge < -0.3 is 10.1 Å². The Labute approximate surface area is 159 Å². The Morgan fingerprint density at radius 3 is 2.36 bits per heavy atom. The summed E-state index contributed by atoms with van der Waals surface area (Å²) in [6, 6.07) is 9.78. The van der Waals surface area contributed by atoms with Gasteiger partial charge in [-0.3, -0.25) is 9.63 Å². The first kappa shape index (κ1) is 21.2. The van der Waals surface area contributed by atoms with E-state index in [-0.39, 0.29) is 6.61 Å². The maximum atomic E-state index is 14.1. The van der Waals surface area contributed by atoms with Crippen molar-refractivity contribution >= 4 is 12.0 Å². The molecule has 0 aliphatic carbocycles. The Hall–Kier alpha value is -3.07. The zero-order chi connectivity index (χ0) is 20.7. The van der Waals surface area contributed by atoms with Gasteiger partial charge in [0, 0.05) is 25.2 Å². The first-order valence-electron chi connectivity index (χ1n) is 8.24. The lowest BCUT2D eigenvalue weighted by molar-refractivity contribution is -0.170. The number of nitrogens with zero attached hydrogens (tertiary/aromatic N) is 1. The molecular formula is C19H19F3N2O4. The minimum Gasteiger partial charge on any atom is -0.445 e. The fourth-order valence-corrected chi connectivity index (χ4v) is 2.40. The number of hydrogen-bond donors (Lipinski definition) is 1. The molecule has 0 bridgehead atoms. The Bertz CT molecular complexity index is 833. The van der Waals surface area contributed by atoms with Crippen molar-refractivity contribution in [3.8, 4) is 0 Å². The highest BCUT2D eigenvalue weighted by Crippen LogP contribution is 2.24. The summed E-state index contributed by atoms with van der Waals surface area (Å²) in [7, 11) is 2.47. The number of alkyl carbamates (subject to hydrolysis) is 1. The lowest BCUT2D eigenvalue weighted by atomic mass is 9.97. The molecule has 0 heterocycles. The van der Waals surface area contributed by atoms with Crippen LogP contribution >= 0.6 is 0 Å². The highest BCUT2D eigenvalue weighted by molar-refractivity contribution is 5.83. The number of ether oxygens (including phenoxy) is 1. The molecular weight excluding hydrogens is 377 g/mol. The van der Waals surface area contributed by atoms with Crippen molar-refractivity contribution in [2.45, 2.75) is 12.5 Å². The molecule has 1 N–H and O–H groups in total. The third kappa shape index (κ3) is 5.46. The van der Waals surface area contributed by atoms with Crippen molar-refractivity contribution in [2.24, 2.45) is 0 Å².